The van der Waals surface area contributed by atoms with Crippen molar-refractivity contribution in [3.05, 3.63) is 18.2 Å². The number of carbonyl (C=O) groups is 1. The second-order valence-electron chi connectivity index (χ2n) is 3.65. The van der Waals surface area contributed by atoms with Gasteiger partial charge in [0, 0.05) is 6.61 Å². The number of hydrogen-bond donors (Lipinski definition) is 1. The second-order valence-corrected chi connectivity index (χ2v) is 3.65. The van der Waals surface area contributed by atoms with Gasteiger partial charge >= 0.3 is 5.97 Å². The predicted molar refractivity (Wildman–Crippen MR) is 57.7 cm³/mol. The van der Waals surface area contributed by atoms with E-state index in [1.807, 2.05) is 31.7 Å². The molecule has 16 heavy (non-hydrogen) atoms. The van der Waals surface area contributed by atoms with Gasteiger partial charge in [0.15, 0.2) is 0 Å². The maximum atomic E-state index is 11.5. The normalized spacial score (nSPS) is 12.4. The van der Waals surface area contributed by atoms with Crippen molar-refractivity contribution in [3.63, 3.8) is 0 Å². The minimum absolute atomic E-state index is 0.201. The Bertz CT molecular complexity index is 336. The lowest BCUT2D eigenvalue weighted by Crippen LogP contribution is -2.33. The molecular formula is C11H19N2O3+. The molecule has 5 heteroatoms. The van der Waals surface area contributed by atoms with Crippen molar-refractivity contribution in [2.45, 2.75) is 26.4 Å². The third kappa shape index (κ3) is 4.02. The number of ether oxygens (including phenoxy) is 2. The molecule has 90 valence electrons. The SMILES string of the molecule is CCOCC(C)OC(=O)Cc1[nH]cc[n+]1C. The highest BCUT2D eigenvalue weighted by Crippen LogP contribution is 1.97. The van der Waals surface area contributed by atoms with E-state index in [-0.39, 0.29) is 18.5 Å². The van der Waals surface area contributed by atoms with E-state index in [4.69, 9.17) is 9.47 Å². The fraction of sp³-hybridized carbons (Fsp3) is 0.636. The first-order chi connectivity index (χ1) is 7.63. The zero-order valence-electron chi connectivity index (χ0n) is 10.0. The first-order valence-corrected chi connectivity index (χ1v) is 5.42. The highest BCUT2D eigenvalue weighted by molar-refractivity contribution is 5.71. The van der Waals surface area contributed by atoms with E-state index in [1.54, 1.807) is 6.20 Å². The third-order valence-electron chi connectivity index (χ3n) is 2.17. The highest BCUT2D eigenvalue weighted by atomic mass is 16.6. The molecular weight excluding hydrogens is 208 g/mol. The maximum Gasteiger partial charge on any atom is 0.318 e. The number of esters is 1. The minimum atomic E-state index is -0.245. The molecule has 0 saturated carbocycles. The Morgan fingerprint density at radius 2 is 2.38 bits per heavy atom. The number of carbonyl (C=O) groups excluding carboxylic acids is 1. The van der Waals surface area contributed by atoms with Gasteiger partial charge in [-0.05, 0) is 13.8 Å². The largest absolute Gasteiger partial charge is 0.460 e. The molecule has 1 unspecified atom stereocenters. The van der Waals surface area contributed by atoms with Crippen LogP contribution in [0.3, 0.4) is 0 Å². The zero-order valence-corrected chi connectivity index (χ0v) is 10.0. The van der Waals surface area contributed by atoms with Crippen molar-refractivity contribution < 1.29 is 18.8 Å². The Morgan fingerprint density at radius 3 is 2.94 bits per heavy atom. The smallest absolute Gasteiger partial charge is 0.318 e. The van der Waals surface area contributed by atoms with Crippen LogP contribution in [-0.2, 0) is 27.7 Å². The summed E-state index contributed by atoms with van der Waals surface area (Å²) in [6.07, 6.45) is 3.69. The van der Waals surface area contributed by atoms with E-state index in [9.17, 15) is 4.79 Å². The standard InChI is InChI=1S/C11H18N2O3/c1-4-15-8-9(2)16-11(14)7-10-12-5-6-13(10)3/h5-6,9H,4,7-8H2,1-3H3/p+1. The number of imidazole rings is 1. The molecule has 0 radical (unpaired) electrons. The molecule has 0 aromatic carbocycles. The molecule has 1 N–H and O–H groups in total. The van der Waals surface area contributed by atoms with Crippen LogP contribution in [-0.4, -0.2) is 30.3 Å². The number of aromatic amines is 1. The molecule has 0 spiro atoms. The van der Waals surface area contributed by atoms with E-state index in [2.05, 4.69) is 4.98 Å². The lowest BCUT2D eigenvalue weighted by molar-refractivity contribution is -0.677. The molecule has 5 nitrogen and oxygen atoms in total. The Labute approximate surface area is 95.4 Å². The summed E-state index contributed by atoms with van der Waals surface area (Å²) >= 11 is 0. The Kier molecular flexibility index (Phi) is 4.98. The van der Waals surface area contributed by atoms with E-state index < -0.39 is 0 Å². The van der Waals surface area contributed by atoms with Gasteiger partial charge in [-0.2, -0.15) is 0 Å². The molecule has 1 aromatic heterocycles. The maximum absolute atomic E-state index is 11.5. The van der Waals surface area contributed by atoms with Gasteiger partial charge in [0.25, 0.3) is 5.82 Å². The van der Waals surface area contributed by atoms with Crippen LogP contribution >= 0.6 is 0 Å². The van der Waals surface area contributed by atoms with Crippen molar-refractivity contribution in [2.24, 2.45) is 7.05 Å². The Morgan fingerprint density at radius 1 is 1.62 bits per heavy atom. The van der Waals surface area contributed by atoms with Gasteiger partial charge in [0.2, 0.25) is 0 Å². The van der Waals surface area contributed by atoms with Crippen LogP contribution in [0.15, 0.2) is 12.4 Å². The summed E-state index contributed by atoms with van der Waals surface area (Å²) < 4.78 is 12.2. The minimum Gasteiger partial charge on any atom is -0.460 e. The fourth-order valence-corrected chi connectivity index (χ4v) is 1.33. The summed E-state index contributed by atoms with van der Waals surface area (Å²) in [6.45, 7) is 4.81. The van der Waals surface area contributed by atoms with E-state index in [0.29, 0.717) is 13.2 Å². The van der Waals surface area contributed by atoms with Crippen LogP contribution in [0, 0.1) is 0 Å². The van der Waals surface area contributed by atoms with E-state index in [0.717, 1.165) is 5.82 Å². The lowest BCUT2D eigenvalue weighted by Gasteiger charge is -2.11. The molecule has 0 fully saturated rings. The van der Waals surface area contributed by atoms with E-state index >= 15 is 0 Å². The van der Waals surface area contributed by atoms with Crippen molar-refractivity contribution in [1.82, 2.24) is 4.98 Å². The van der Waals surface area contributed by atoms with Crippen molar-refractivity contribution in [1.29, 1.82) is 0 Å². The highest BCUT2D eigenvalue weighted by Gasteiger charge is 2.16. The van der Waals surface area contributed by atoms with Crippen LogP contribution in [0.1, 0.15) is 19.7 Å². The summed E-state index contributed by atoms with van der Waals surface area (Å²) in [7, 11) is 1.88. The fourth-order valence-electron chi connectivity index (χ4n) is 1.33. The van der Waals surface area contributed by atoms with Crippen molar-refractivity contribution in [2.75, 3.05) is 13.2 Å². The number of rotatable bonds is 6. The second kappa shape index (κ2) is 6.27. The summed E-state index contributed by atoms with van der Waals surface area (Å²) in [6, 6.07) is 0. The number of hydrogen-bond acceptors (Lipinski definition) is 3. The molecule has 0 bridgehead atoms. The number of nitrogens with one attached hydrogen (secondary N) is 1. The Hall–Kier alpha value is -1.36. The zero-order chi connectivity index (χ0) is 12.0. The molecule has 1 atom stereocenters. The first-order valence-electron chi connectivity index (χ1n) is 5.42. The summed E-state index contributed by atoms with van der Waals surface area (Å²) in [5, 5.41) is 0. The summed E-state index contributed by atoms with van der Waals surface area (Å²) in [4.78, 5) is 14.5. The molecule has 0 aliphatic heterocycles. The predicted octanol–water partition coefficient (Wildman–Crippen LogP) is 0.350. The van der Waals surface area contributed by atoms with Gasteiger partial charge in [-0.15, -0.1) is 0 Å². The molecule has 0 aliphatic rings. The van der Waals surface area contributed by atoms with Crippen LogP contribution in [0.2, 0.25) is 0 Å². The van der Waals surface area contributed by atoms with E-state index in [1.165, 1.54) is 0 Å². The Balaban J connectivity index is 2.33. The number of nitrogens with zero attached hydrogens (tertiary/aromatic N) is 1. The monoisotopic (exact) mass is 227 g/mol. The average Bonchev–Trinajstić information content (AvgIpc) is 2.61. The average molecular weight is 227 g/mol. The molecule has 0 saturated heterocycles. The van der Waals surface area contributed by atoms with Crippen molar-refractivity contribution in [3.8, 4) is 0 Å². The number of aryl methyl sites for hydroxylation is 1. The van der Waals surface area contributed by atoms with Gasteiger partial charge in [-0.1, -0.05) is 0 Å². The number of H-pyrrole nitrogens is 1. The van der Waals surface area contributed by atoms with Gasteiger partial charge in [0.05, 0.1) is 13.7 Å². The molecule has 1 aromatic rings. The van der Waals surface area contributed by atoms with Gasteiger partial charge in [-0.25, -0.2) is 9.55 Å². The topological polar surface area (TPSA) is 55.2 Å². The first kappa shape index (κ1) is 12.7. The third-order valence-corrected chi connectivity index (χ3v) is 2.17. The van der Waals surface area contributed by atoms with Gasteiger partial charge in [0.1, 0.15) is 24.9 Å². The van der Waals surface area contributed by atoms with Crippen LogP contribution in [0.25, 0.3) is 0 Å². The quantitative estimate of drug-likeness (QED) is 0.563. The summed E-state index contributed by atoms with van der Waals surface area (Å²) in [5.41, 5.74) is 0. The molecule has 1 heterocycles. The molecule has 1 rings (SSSR count). The number of aromatic nitrogens is 2. The van der Waals surface area contributed by atoms with Crippen molar-refractivity contribution >= 4 is 5.97 Å². The van der Waals surface area contributed by atoms with Crippen LogP contribution < -0.4 is 4.57 Å². The summed E-state index contributed by atoms with van der Waals surface area (Å²) in [5.74, 6) is 0.582. The lowest BCUT2D eigenvalue weighted by atomic mass is 10.4. The molecule has 0 aliphatic carbocycles. The van der Waals surface area contributed by atoms with Crippen LogP contribution in [0.5, 0.6) is 0 Å². The van der Waals surface area contributed by atoms with Gasteiger partial charge < -0.3 is 9.47 Å². The van der Waals surface area contributed by atoms with Gasteiger partial charge in [-0.3, -0.25) is 4.79 Å². The molecule has 0 amide bonds. The van der Waals surface area contributed by atoms with Crippen LogP contribution in [0.4, 0.5) is 0 Å².